The molecule has 0 N–H and O–H groups in total. The Morgan fingerprint density at radius 1 is 0.750 bits per heavy atom. The summed E-state index contributed by atoms with van der Waals surface area (Å²) in [5, 5.41) is 7.90. The molecule has 1 heterocycles. The monoisotopic (exact) mass is 398 g/mol. The third kappa shape index (κ3) is 2.02. The Bertz CT molecular complexity index is 1400. The van der Waals surface area contributed by atoms with Crippen LogP contribution in [-0.2, 0) is 0 Å². The molecule has 3 heteroatoms. The molecule has 0 bridgehead atoms. The zero-order valence-electron chi connectivity index (χ0n) is 15.1. The van der Waals surface area contributed by atoms with Crippen molar-refractivity contribution in [1.29, 1.82) is 0 Å². The largest absolute Gasteiger partial charge is 0.497 e. The molecule has 0 radical (unpaired) electrons. The Morgan fingerprint density at radius 2 is 1.50 bits per heavy atom. The number of ether oxygens (including phenoxy) is 1. The van der Waals surface area contributed by atoms with E-state index < -0.39 is 0 Å². The topological polar surface area (TPSA) is 9.23 Å². The van der Waals surface area contributed by atoms with Crippen LogP contribution in [0.4, 0.5) is 0 Å². The van der Waals surface area contributed by atoms with E-state index in [-0.39, 0.29) is 0 Å². The molecule has 0 spiro atoms. The fourth-order valence-electron chi connectivity index (χ4n) is 4.52. The average molecular weight is 399 g/mol. The number of thiophene rings is 1. The highest BCUT2D eigenvalue weighted by atomic mass is 35.5. The van der Waals surface area contributed by atoms with Crippen molar-refractivity contribution in [3.8, 4) is 38.4 Å². The molecule has 0 amide bonds. The van der Waals surface area contributed by atoms with E-state index in [1.165, 1.54) is 43.3 Å². The molecule has 0 aliphatic heterocycles. The molecule has 5 aromatic rings. The lowest BCUT2D eigenvalue weighted by atomic mass is 9.88. The van der Waals surface area contributed by atoms with Gasteiger partial charge in [0.05, 0.1) is 7.11 Å². The van der Waals surface area contributed by atoms with E-state index in [0.29, 0.717) is 0 Å². The Hall–Kier alpha value is -2.81. The summed E-state index contributed by atoms with van der Waals surface area (Å²) in [6.07, 6.45) is 0. The first kappa shape index (κ1) is 16.2. The fourth-order valence-corrected chi connectivity index (χ4v) is 5.76. The Balaban J connectivity index is 1.85. The van der Waals surface area contributed by atoms with Crippen LogP contribution in [0.1, 0.15) is 0 Å². The number of rotatable bonds is 2. The van der Waals surface area contributed by atoms with Gasteiger partial charge in [0.25, 0.3) is 0 Å². The summed E-state index contributed by atoms with van der Waals surface area (Å²) in [5.74, 6) is 0.854. The van der Waals surface area contributed by atoms with Gasteiger partial charge in [-0.25, -0.2) is 0 Å². The first-order chi connectivity index (χ1) is 13.8. The highest BCUT2D eigenvalue weighted by Gasteiger charge is 2.27. The molecule has 1 nitrogen and oxygen atoms in total. The van der Waals surface area contributed by atoms with Gasteiger partial charge in [0.15, 0.2) is 0 Å². The molecule has 28 heavy (non-hydrogen) atoms. The lowest BCUT2D eigenvalue weighted by Gasteiger charge is -2.16. The summed E-state index contributed by atoms with van der Waals surface area (Å²) >= 11 is 8.61. The van der Waals surface area contributed by atoms with E-state index in [2.05, 4.69) is 53.9 Å². The molecule has 134 valence electrons. The van der Waals surface area contributed by atoms with Gasteiger partial charge in [-0.05, 0) is 62.5 Å². The van der Waals surface area contributed by atoms with Crippen molar-refractivity contribution < 1.29 is 4.74 Å². The third-order valence-corrected chi connectivity index (χ3v) is 6.92. The second kappa shape index (κ2) is 5.84. The summed E-state index contributed by atoms with van der Waals surface area (Å²) < 4.78 is 5.36. The summed E-state index contributed by atoms with van der Waals surface area (Å²) in [4.78, 5) is 1.35. The van der Waals surface area contributed by atoms with E-state index in [4.69, 9.17) is 16.3 Å². The van der Waals surface area contributed by atoms with Gasteiger partial charge in [0.1, 0.15) is 5.75 Å². The number of fused-ring (bicyclic) bond motifs is 5. The minimum Gasteiger partial charge on any atom is -0.497 e. The highest BCUT2D eigenvalue weighted by molar-refractivity contribution is 7.14. The van der Waals surface area contributed by atoms with Crippen molar-refractivity contribution in [2.45, 2.75) is 0 Å². The SMILES string of the molecule is COc1ccc(-c2c3cccc4c3c(c3cccc(Cl)c23)-c2sccc2-4)cc1. The van der Waals surface area contributed by atoms with Crippen molar-refractivity contribution in [2.24, 2.45) is 0 Å². The highest BCUT2D eigenvalue weighted by Crippen LogP contribution is 2.56. The first-order valence-electron chi connectivity index (χ1n) is 9.17. The summed E-state index contributed by atoms with van der Waals surface area (Å²) in [6, 6.07) is 23.4. The molecule has 4 aromatic carbocycles. The molecule has 1 aliphatic rings. The maximum atomic E-state index is 6.80. The van der Waals surface area contributed by atoms with Crippen molar-refractivity contribution in [2.75, 3.05) is 7.11 Å². The number of benzene rings is 4. The van der Waals surface area contributed by atoms with Crippen LogP contribution in [0.5, 0.6) is 5.75 Å². The maximum Gasteiger partial charge on any atom is 0.118 e. The van der Waals surface area contributed by atoms with Gasteiger partial charge in [-0.3, -0.25) is 0 Å². The van der Waals surface area contributed by atoms with Crippen molar-refractivity contribution in [3.63, 3.8) is 0 Å². The maximum absolute atomic E-state index is 6.80. The van der Waals surface area contributed by atoms with Crippen LogP contribution in [0.25, 0.3) is 54.2 Å². The molecular weight excluding hydrogens is 384 g/mol. The van der Waals surface area contributed by atoms with Gasteiger partial charge in [0, 0.05) is 26.4 Å². The number of halogens is 1. The smallest absolute Gasteiger partial charge is 0.118 e. The third-order valence-electron chi connectivity index (χ3n) is 5.68. The van der Waals surface area contributed by atoms with Crippen LogP contribution in [0.3, 0.4) is 0 Å². The number of hydrogen-bond acceptors (Lipinski definition) is 2. The van der Waals surface area contributed by atoms with E-state index in [1.54, 1.807) is 7.11 Å². The van der Waals surface area contributed by atoms with E-state index in [9.17, 15) is 0 Å². The van der Waals surface area contributed by atoms with Gasteiger partial charge in [-0.15, -0.1) is 11.3 Å². The van der Waals surface area contributed by atoms with Gasteiger partial charge < -0.3 is 4.74 Å². The number of methoxy groups -OCH3 is 1. The Labute approximate surface area is 171 Å². The molecule has 0 saturated heterocycles. The lowest BCUT2D eigenvalue weighted by molar-refractivity contribution is 0.415. The minimum atomic E-state index is 0.789. The zero-order chi connectivity index (χ0) is 18.8. The molecule has 0 unspecified atom stereocenters. The van der Waals surface area contributed by atoms with Crippen LogP contribution in [0.2, 0.25) is 5.02 Å². The standard InChI is InChI=1S/C25H15ClOS/c1-27-15-10-8-14(9-11-15)21-18-5-2-4-16-17-12-13-28-25(17)24(22(16)18)19-6-3-7-20(26)23(19)21/h2-13H,1H3. The zero-order valence-corrected chi connectivity index (χ0v) is 16.7. The molecule has 1 aliphatic carbocycles. The van der Waals surface area contributed by atoms with Crippen LogP contribution in [-0.4, -0.2) is 7.11 Å². The second-order valence-corrected chi connectivity index (χ2v) is 8.36. The Morgan fingerprint density at radius 3 is 2.29 bits per heavy atom. The van der Waals surface area contributed by atoms with Crippen LogP contribution in [0.15, 0.2) is 72.1 Å². The predicted octanol–water partition coefficient (Wildman–Crippen LogP) is 8.03. The number of hydrogen-bond donors (Lipinski definition) is 0. The molecule has 1 aromatic heterocycles. The van der Waals surface area contributed by atoms with Gasteiger partial charge in [0.2, 0.25) is 0 Å². The van der Waals surface area contributed by atoms with E-state index in [0.717, 1.165) is 21.7 Å². The average Bonchev–Trinajstić information content (AvgIpc) is 3.32. The van der Waals surface area contributed by atoms with Crippen LogP contribution >= 0.6 is 22.9 Å². The molecule has 6 rings (SSSR count). The second-order valence-electron chi connectivity index (χ2n) is 7.03. The molecular formula is C25H15ClOS. The molecule has 0 atom stereocenters. The van der Waals surface area contributed by atoms with Gasteiger partial charge >= 0.3 is 0 Å². The molecule has 0 fully saturated rings. The van der Waals surface area contributed by atoms with Crippen LogP contribution in [0, 0.1) is 0 Å². The summed E-state index contributed by atoms with van der Waals surface area (Å²) in [5.41, 5.74) is 6.32. The normalized spacial score (nSPS) is 11.9. The van der Waals surface area contributed by atoms with Crippen molar-refractivity contribution in [1.82, 2.24) is 0 Å². The van der Waals surface area contributed by atoms with Crippen molar-refractivity contribution in [3.05, 3.63) is 77.1 Å². The van der Waals surface area contributed by atoms with Gasteiger partial charge in [-0.2, -0.15) is 0 Å². The predicted molar refractivity (Wildman–Crippen MR) is 121 cm³/mol. The minimum absolute atomic E-state index is 0.789. The van der Waals surface area contributed by atoms with Crippen molar-refractivity contribution >= 4 is 44.5 Å². The summed E-state index contributed by atoms with van der Waals surface area (Å²) in [6.45, 7) is 0. The lowest BCUT2D eigenvalue weighted by Crippen LogP contribution is -1.89. The Kier molecular flexibility index (Phi) is 3.37. The van der Waals surface area contributed by atoms with Gasteiger partial charge in [-0.1, -0.05) is 54.1 Å². The first-order valence-corrected chi connectivity index (χ1v) is 10.4. The van der Waals surface area contributed by atoms with E-state index >= 15 is 0 Å². The quantitative estimate of drug-likeness (QED) is 0.268. The summed E-state index contributed by atoms with van der Waals surface area (Å²) in [7, 11) is 1.69. The van der Waals surface area contributed by atoms with Crippen LogP contribution < -0.4 is 4.74 Å². The van der Waals surface area contributed by atoms with E-state index in [1.807, 2.05) is 29.5 Å². The fraction of sp³-hybridized carbons (Fsp3) is 0.0400. The molecule has 0 saturated carbocycles.